The molecule has 0 N–H and O–H groups in total. The lowest BCUT2D eigenvalue weighted by molar-refractivity contribution is -0.120. The van der Waals surface area contributed by atoms with Crippen molar-refractivity contribution in [2.75, 3.05) is 0 Å². The van der Waals surface area contributed by atoms with Crippen LogP contribution in [-0.2, 0) is 16.2 Å². The Morgan fingerprint density at radius 3 is 2.61 bits per heavy atom. The second-order valence-corrected chi connectivity index (χ2v) is 5.65. The molecule has 0 spiro atoms. The van der Waals surface area contributed by atoms with Crippen LogP contribution in [-0.4, -0.2) is 11.5 Å². The van der Waals surface area contributed by atoms with Crippen molar-refractivity contribution in [2.45, 2.75) is 39.7 Å². The number of oxime groups is 1. The molecule has 0 amide bonds. The van der Waals surface area contributed by atoms with Gasteiger partial charge in [0.25, 0.3) is 0 Å². The Hall–Kier alpha value is -1.64. The van der Waals surface area contributed by atoms with E-state index in [4.69, 9.17) is 4.84 Å². The summed E-state index contributed by atoms with van der Waals surface area (Å²) in [6.45, 7) is 4.65. The van der Waals surface area contributed by atoms with Gasteiger partial charge in [-0.05, 0) is 17.4 Å². The highest BCUT2D eigenvalue weighted by Crippen LogP contribution is 2.31. The smallest absolute Gasteiger partial charge is 0.142 e. The molecule has 0 saturated heterocycles. The van der Waals surface area contributed by atoms with E-state index in [9.17, 15) is 4.79 Å². The molecule has 0 aliphatic heterocycles. The number of hydrogen-bond donors (Lipinski definition) is 0. The Kier molecular flexibility index (Phi) is 3.80. The molecule has 3 heteroatoms. The summed E-state index contributed by atoms with van der Waals surface area (Å²) < 4.78 is 0. The monoisotopic (exact) mass is 245 g/mol. The zero-order valence-corrected chi connectivity index (χ0v) is 11.0. The quantitative estimate of drug-likeness (QED) is 0.766. The van der Waals surface area contributed by atoms with Gasteiger partial charge in [-0.25, -0.2) is 0 Å². The number of benzene rings is 1. The molecule has 1 aliphatic rings. The molecule has 1 aromatic carbocycles. The molecule has 1 fully saturated rings. The van der Waals surface area contributed by atoms with Crippen molar-refractivity contribution in [3.05, 3.63) is 35.9 Å². The molecular formula is C15H19NO2. The molecule has 18 heavy (non-hydrogen) atoms. The van der Waals surface area contributed by atoms with E-state index in [-0.39, 0.29) is 11.2 Å². The molecule has 0 radical (unpaired) electrons. The predicted molar refractivity (Wildman–Crippen MR) is 71.3 cm³/mol. The lowest BCUT2D eigenvalue weighted by atomic mass is 9.76. The van der Waals surface area contributed by atoms with Crippen LogP contribution < -0.4 is 0 Å². The van der Waals surface area contributed by atoms with Crippen LogP contribution in [0.4, 0.5) is 0 Å². The van der Waals surface area contributed by atoms with Crippen molar-refractivity contribution in [3.8, 4) is 0 Å². The van der Waals surface area contributed by atoms with Crippen molar-refractivity contribution in [1.82, 2.24) is 0 Å². The minimum atomic E-state index is 0.0181. The molecule has 96 valence electrons. The maximum atomic E-state index is 11.6. The Morgan fingerprint density at radius 1 is 1.22 bits per heavy atom. The summed E-state index contributed by atoms with van der Waals surface area (Å²) in [5, 5.41) is 4.12. The summed E-state index contributed by atoms with van der Waals surface area (Å²) >= 11 is 0. The van der Waals surface area contributed by atoms with E-state index < -0.39 is 0 Å². The van der Waals surface area contributed by atoms with E-state index in [2.05, 4.69) is 19.0 Å². The SMILES string of the molecule is CC1(C)CC(=O)C/C(=N\OCc2ccccc2)C1. The van der Waals surface area contributed by atoms with Crippen LogP contribution >= 0.6 is 0 Å². The molecule has 0 aromatic heterocycles. The van der Waals surface area contributed by atoms with E-state index in [1.165, 1.54) is 0 Å². The fourth-order valence-corrected chi connectivity index (χ4v) is 2.34. The normalized spacial score (nSPS) is 21.0. The number of hydrogen-bond acceptors (Lipinski definition) is 3. The van der Waals surface area contributed by atoms with Crippen LogP contribution in [0.1, 0.15) is 38.7 Å². The topological polar surface area (TPSA) is 38.7 Å². The summed E-state index contributed by atoms with van der Waals surface area (Å²) in [4.78, 5) is 16.9. The first-order valence-corrected chi connectivity index (χ1v) is 6.28. The third-order valence-corrected chi connectivity index (χ3v) is 3.03. The third-order valence-electron chi connectivity index (χ3n) is 3.03. The first-order valence-electron chi connectivity index (χ1n) is 6.28. The van der Waals surface area contributed by atoms with Gasteiger partial charge in [0.2, 0.25) is 0 Å². The van der Waals surface area contributed by atoms with Gasteiger partial charge in [0.15, 0.2) is 0 Å². The van der Waals surface area contributed by atoms with Crippen molar-refractivity contribution < 1.29 is 9.63 Å². The Labute approximate surface area is 108 Å². The van der Waals surface area contributed by atoms with Crippen LogP contribution in [0.2, 0.25) is 0 Å². The Balaban J connectivity index is 1.91. The average Bonchev–Trinajstić information content (AvgIpc) is 2.27. The lowest BCUT2D eigenvalue weighted by Crippen LogP contribution is -2.29. The molecule has 2 rings (SSSR count). The van der Waals surface area contributed by atoms with Crippen LogP contribution in [0.25, 0.3) is 0 Å². The van der Waals surface area contributed by atoms with Gasteiger partial charge < -0.3 is 4.84 Å². The number of rotatable bonds is 3. The molecule has 0 atom stereocenters. The zero-order valence-electron chi connectivity index (χ0n) is 11.0. The van der Waals surface area contributed by atoms with Crippen molar-refractivity contribution in [3.63, 3.8) is 0 Å². The fourth-order valence-electron chi connectivity index (χ4n) is 2.34. The summed E-state index contributed by atoms with van der Waals surface area (Å²) in [7, 11) is 0. The standard InChI is InChI=1S/C15H19NO2/c1-15(2)9-13(8-14(17)10-15)16-18-11-12-6-4-3-5-7-12/h3-7H,8-11H2,1-2H3/b16-13+. The summed E-state index contributed by atoms with van der Waals surface area (Å²) in [5.74, 6) is 0.258. The highest BCUT2D eigenvalue weighted by atomic mass is 16.6. The van der Waals surface area contributed by atoms with Crippen LogP contribution in [0, 0.1) is 5.41 Å². The van der Waals surface area contributed by atoms with Gasteiger partial charge in [0.05, 0.1) is 5.71 Å². The predicted octanol–water partition coefficient (Wildman–Crippen LogP) is 3.34. The average molecular weight is 245 g/mol. The molecule has 1 saturated carbocycles. The number of carbonyl (C=O) groups excluding carboxylic acids is 1. The second-order valence-electron chi connectivity index (χ2n) is 5.65. The summed E-state index contributed by atoms with van der Waals surface area (Å²) in [6, 6.07) is 9.90. The van der Waals surface area contributed by atoms with Gasteiger partial charge in [-0.1, -0.05) is 49.3 Å². The highest BCUT2D eigenvalue weighted by Gasteiger charge is 2.30. The van der Waals surface area contributed by atoms with E-state index in [0.717, 1.165) is 17.7 Å². The van der Waals surface area contributed by atoms with Gasteiger partial charge in [-0.3, -0.25) is 4.79 Å². The van der Waals surface area contributed by atoms with Crippen molar-refractivity contribution in [2.24, 2.45) is 10.6 Å². The van der Waals surface area contributed by atoms with Crippen molar-refractivity contribution in [1.29, 1.82) is 0 Å². The van der Waals surface area contributed by atoms with Gasteiger partial charge >= 0.3 is 0 Å². The summed E-state index contributed by atoms with van der Waals surface area (Å²) in [6.07, 6.45) is 1.93. The Bertz CT molecular complexity index is 449. The molecule has 0 bridgehead atoms. The molecule has 1 aliphatic carbocycles. The fraction of sp³-hybridized carbons (Fsp3) is 0.467. The number of nitrogens with zero attached hydrogens (tertiary/aromatic N) is 1. The number of ketones is 1. The van der Waals surface area contributed by atoms with E-state index >= 15 is 0 Å². The van der Waals surface area contributed by atoms with Crippen LogP contribution in [0.15, 0.2) is 35.5 Å². The first kappa shape index (κ1) is 12.8. The van der Waals surface area contributed by atoms with Crippen LogP contribution in [0.3, 0.4) is 0 Å². The molecule has 0 unspecified atom stereocenters. The summed E-state index contributed by atoms with van der Waals surface area (Å²) in [5.41, 5.74) is 1.97. The largest absolute Gasteiger partial charge is 0.391 e. The zero-order chi connectivity index (χ0) is 13.0. The minimum Gasteiger partial charge on any atom is -0.391 e. The molecule has 0 heterocycles. The number of Topliss-reactive ketones (excluding diaryl/α,β-unsaturated/α-hetero) is 1. The minimum absolute atomic E-state index is 0.0181. The van der Waals surface area contributed by atoms with Gasteiger partial charge in [-0.2, -0.15) is 0 Å². The van der Waals surface area contributed by atoms with E-state index in [1.807, 2.05) is 30.3 Å². The number of carbonyl (C=O) groups is 1. The molecular weight excluding hydrogens is 226 g/mol. The maximum absolute atomic E-state index is 11.6. The van der Waals surface area contributed by atoms with E-state index in [0.29, 0.717) is 19.4 Å². The van der Waals surface area contributed by atoms with Gasteiger partial charge in [-0.15, -0.1) is 0 Å². The first-order chi connectivity index (χ1) is 8.55. The van der Waals surface area contributed by atoms with Crippen molar-refractivity contribution >= 4 is 11.5 Å². The Morgan fingerprint density at radius 2 is 1.94 bits per heavy atom. The molecule has 3 nitrogen and oxygen atoms in total. The molecule has 1 aromatic rings. The second kappa shape index (κ2) is 5.34. The highest BCUT2D eigenvalue weighted by molar-refractivity contribution is 6.04. The van der Waals surface area contributed by atoms with Gasteiger partial charge in [0.1, 0.15) is 12.4 Å². The van der Waals surface area contributed by atoms with E-state index in [1.54, 1.807) is 0 Å². The maximum Gasteiger partial charge on any atom is 0.142 e. The van der Waals surface area contributed by atoms with Crippen LogP contribution in [0.5, 0.6) is 0 Å². The lowest BCUT2D eigenvalue weighted by Gasteiger charge is -2.28. The van der Waals surface area contributed by atoms with Gasteiger partial charge in [0, 0.05) is 12.8 Å². The third kappa shape index (κ3) is 3.69.